The molecule has 2 aromatic heterocycles. The first-order chi connectivity index (χ1) is 16.9. The summed E-state index contributed by atoms with van der Waals surface area (Å²) in [4.78, 5) is 12.7. The Hall–Kier alpha value is -4.44. The predicted molar refractivity (Wildman–Crippen MR) is 126 cm³/mol. The molecule has 0 aliphatic carbocycles. The van der Waals surface area contributed by atoms with Gasteiger partial charge in [-0.05, 0) is 48.0 Å². The SMILES string of the molecule is O=S(=O)(Nc1ccc(F)cc1F)c1cncc(-c2ccc3ncc(Oc4ccccc4)nc3c2)c1. The Morgan fingerprint density at radius 2 is 1.63 bits per heavy atom. The summed E-state index contributed by atoms with van der Waals surface area (Å²) in [6, 6.07) is 18.4. The van der Waals surface area contributed by atoms with Crippen LogP contribution in [0.3, 0.4) is 0 Å². The maximum Gasteiger partial charge on any atom is 0.263 e. The summed E-state index contributed by atoms with van der Waals surface area (Å²) in [5.41, 5.74) is 1.92. The zero-order chi connectivity index (χ0) is 24.4. The minimum absolute atomic E-state index is 0.189. The molecule has 0 bridgehead atoms. The lowest BCUT2D eigenvalue weighted by Gasteiger charge is -2.10. The Kier molecular flexibility index (Phi) is 5.79. The Bertz CT molecular complexity index is 1650. The fraction of sp³-hybridized carbons (Fsp3) is 0. The van der Waals surface area contributed by atoms with E-state index in [4.69, 9.17) is 4.74 Å². The number of nitrogens with zero attached hydrogens (tertiary/aromatic N) is 3. The number of hydrogen-bond donors (Lipinski definition) is 1. The predicted octanol–water partition coefficient (Wildman–Crippen LogP) is 5.56. The number of hydrogen-bond acceptors (Lipinski definition) is 6. The van der Waals surface area contributed by atoms with E-state index in [-0.39, 0.29) is 10.6 Å². The first kappa shape index (κ1) is 22.4. The molecular formula is C25H16F2N4O3S. The molecule has 35 heavy (non-hydrogen) atoms. The van der Waals surface area contributed by atoms with Crippen molar-refractivity contribution in [2.24, 2.45) is 0 Å². The zero-order valence-corrected chi connectivity index (χ0v) is 18.7. The molecule has 10 heteroatoms. The van der Waals surface area contributed by atoms with E-state index in [1.807, 2.05) is 18.2 Å². The second kappa shape index (κ2) is 9.07. The number of rotatable bonds is 6. The van der Waals surface area contributed by atoms with Crippen molar-refractivity contribution in [3.8, 4) is 22.8 Å². The molecule has 0 saturated heterocycles. The van der Waals surface area contributed by atoms with Crippen molar-refractivity contribution in [3.63, 3.8) is 0 Å². The summed E-state index contributed by atoms with van der Waals surface area (Å²) in [7, 11) is -4.19. The fourth-order valence-electron chi connectivity index (χ4n) is 3.33. The van der Waals surface area contributed by atoms with Crippen LogP contribution >= 0.6 is 0 Å². The maximum absolute atomic E-state index is 14.0. The van der Waals surface area contributed by atoms with E-state index in [0.29, 0.717) is 39.9 Å². The van der Waals surface area contributed by atoms with Crippen LogP contribution in [0.15, 0.2) is 96.3 Å². The van der Waals surface area contributed by atoms with Crippen LogP contribution in [0.25, 0.3) is 22.2 Å². The monoisotopic (exact) mass is 490 g/mol. The Balaban J connectivity index is 1.45. The first-order valence-corrected chi connectivity index (χ1v) is 11.8. The normalized spacial score (nSPS) is 11.4. The Morgan fingerprint density at radius 1 is 0.800 bits per heavy atom. The average Bonchev–Trinajstić information content (AvgIpc) is 2.86. The molecule has 0 spiro atoms. The highest BCUT2D eigenvalue weighted by Crippen LogP contribution is 2.27. The molecule has 7 nitrogen and oxygen atoms in total. The van der Waals surface area contributed by atoms with Crippen molar-refractivity contribution in [2.45, 2.75) is 4.90 Å². The molecule has 0 radical (unpaired) electrons. The van der Waals surface area contributed by atoms with E-state index in [1.165, 1.54) is 18.5 Å². The van der Waals surface area contributed by atoms with Gasteiger partial charge in [-0.15, -0.1) is 0 Å². The van der Waals surface area contributed by atoms with E-state index < -0.39 is 21.7 Å². The van der Waals surface area contributed by atoms with Gasteiger partial charge >= 0.3 is 0 Å². The number of sulfonamides is 1. The molecule has 5 rings (SSSR count). The van der Waals surface area contributed by atoms with Crippen LogP contribution in [0.1, 0.15) is 0 Å². The van der Waals surface area contributed by atoms with Crippen LogP contribution in [0.4, 0.5) is 14.5 Å². The maximum atomic E-state index is 14.0. The number of aromatic nitrogens is 3. The topological polar surface area (TPSA) is 94.1 Å². The second-order valence-electron chi connectivity index (χ2n) is 7.47. The third-order valence-corrected chi connectivity index (χ3v) is 6.35. The summed E-state index contributed by atoms with van der Waals surface area (Å²) < 4.78 is 60.6. The van der Waals surface area contributed by atoms with E-state index >= 15 is 0 Å². The van der Waals surface area contributed by atoms with Crippen LogP contribution in [-0.4, -0.2) is 23.4 Å². The number of ether oxygens (including phenoxy) is 1. The van der Waals surface area contributed by atoms with E-state index in [9.17, 15) is 17.2 Å². The number of anilines is 1. The van der Waals surface area contributed by atoms with Crippen LogP contribution < -0.4 is 9.46 Å². The lowest BCUT2D eigenvalue weighted by molar-refractivity contribution is 0.463. The summed E-state index contributed by atoms with van der Waals surface area (Å²) in [5.74, 6) is -0.921. The van der Waals surface area contributed by atoms with Gasteiger partial charge in [-0.2, -0.15) is 0 Å². The molecule has 0 aliphatic rings. The zero-order valence-electron chi connectivity index (χ0n) is 17.9. The van der Waals surface area contributed by atoms with Crippen molar-refractivity contribution in [1.82, 2.24) is 15.0 Å². The van der Waals surface area contributed by atoms with Crippen molar-refractivity contribution < 1.29 is 21.9 Å². The lowest BCUT2D eigenvalue weighted by Crippen LogP contribution is -2.14. The molecule has 1 N–H and O–H groups in total. The van der Waals surface area contributed by atoms with E-state index in [2.05, 4.69) is 19.7 Å². The van der Waals surface area contributed by atoms with Gasteiger partial charge in [0, 0.05) is 24.0 Å². The molecule has 174 valence electrons. The van der Waals surface area contributed by atoms with Gasteiger partial charge in [0.2, 0.25) is 5.88 Å². The molecule has 0 atom stereocenters. The minimum Gasteiger partial charge on any atom is -0.437 e. The Morgan fingerprint density at radius 3 is 2.43 bits per heavy atom. The van der Waals surface area contributed by atoms with E-state index in [1.54, 1.807) is 30.3 Å². The van der Waals surface area contributed by atoms with Crippen LogP contribution in [0, 0.1) is 11.6 Å². The molecule has 0 unspecified atom stereocenters. The number of nitrogens with one attached hydrogen (secondary N) is 1. The van der Waals surface area contributed by atoms with Gasteiger partial charge in [0.05, 0.1) is 22.9 Å². The lowest BCUT2D eigenvalue weighted by atomic mass is 10.1. The number of fused-ring (bicyclic) bond motifs is 1. The standard InChI is InChI=1S/C25H16F2N4O3S/c26-18-7-9-22(21(27)12-18)31-35(32,33)20-10-17(13-28-14-20)16-6-8-23-24(11-16)30-25(15-29-23)34-19-4-2-1-3-5-19/h1-15,31H. The third kappa shape index (κ3) is 4.92. The minimum atomic E-state index is -4.19. The summed E-state index contributed by atoms with van der Waals surface area (Å²) in [5, 5.41) is 0. The first-order valence-electron chi connectivity index (χ1n) is 10.3. The second-order valence-corrected chi connectivity index (χ2v) is 9.15. The van der Waals surface area contributed by atoms with Gasteiger partial charge in [-0.1, -0.05) is 24.3 Å². The van der Waals surface area contributed by atoms with Gasteiger partial charge < -0.3 is 4.74 Å². The van der Waals surface area contributed by atoms with Crippen LogP contribution in [0.5, 0.6) is 11.6 Å². The molecular weight excluding hydrogens is 474 g/mol. The highest BCUT2D eigenvalue weighted by Gasteiger charge is 2.18. The van der Waals surface area contributed by atoms with Gasteiger partial charge in [-0.25, -0.2) is 27.2 Å². The van der Waals surface area contributed by atoms with Crippen LogP contribution in [0.2, 0.25) is 0 Å². The molecule has 3 aromatic carbocycles. The highest BCUT2D eigenvalue weighted by atomic mass is 32.2. The summed E-state index contributed by atoms with van der Waals surface area (Å²) in [6.45, 7) is 0. The number of para-hydroxylation sites is 1. The smallest absolute Gasteiger partial charge is 0.263 e. The van der Waals surface area contributed by atoms with Gasteiger partial charge in [0.15, 0.2) is 0 Å². The molecule has 0 fully saturated rings. The molecule has 2 heterocycles. The van der Waals surface area contributed by atoms with Gasteiger partial charge in [0.25, 0.3) is 10.0 Å². The summed E-state index contributed by atoms with van der Waals surface area (Å²) in [6.07, 6.45) is 4.15. The van der Waals surface area contributed by atoms with E-state index in [0.717, 1.165) is 18.3 Å². The molecule has 0 aliphatic heterocycles. The number of halogens is 2. The fourth-order valence-corrected chi connectivity index (χ4v) is 4.39. The Labute approximate surface area is 199 Å². The molecule has 5 aromatic rings. The number of pyridine rings is 1. The largest absolute Gasteiger partial charge is 0.437 e. The molecule has 0 amide bonds. The summed E-state index contributed by atoms with van der Waals surface area (Å²) >= 11 is 0. The average molecular weight is 490 g/mol. The highest BCUT2D eigenvalue weighted by molar-refractivity contribution is 7.92. The third-order valence-electron chi connectivity index (χ3n) is 5.02. The van der Waals surface area contributed by atoms with Crippen molar-refractivity contribution in [2.75, 3.05) is 4.72 Å². The van der Waals surface area contributed by atoms with Gasteiger partial charge in [0.1, 0.15) is 22.3 Å². The van der Waals surface area contributed by atoms with Gasteiger partial charge in [-0.3, -0.25) is 9.71 Å². The van der Waals surface area contributed by atoms with Crippen molar-refractivity contribution in [3.05, 3.63) is 103 Å². The molecule has 0 saturated carbocycles. The van der Waals surface area contributed by atoms with Crippen LogP contribution in [-0.2, 0) is 10.0 Å². The van der Waals surface area contributed by atoms with Crippen molar-refractivity contribution >= 4 is 26.7 Å². The quantitative estimate of drug-likeness (QED) is 0.335. The number of benzene rings is 3. The van der Waals surface area contributed by atoms with Crippen molar-refractivity contribution in [1.29, 1.82) is 0 Å².